The number of amides is 3. The number of piperazine rings is 1. The Balaban J connectivity index is 1.31. The maximum Gasteiger partial charge on any atom is 0.289 e. The van der Waals surface area contributed by atoms with Gasteiger partial charge in [-0.2, -0.15) is 0 Å². The third-order valence-electron chi connectivity index (χ3n) is 7.07. The molecule has 2 aliphatic rings. The van der Waals surface area contributed by atoms with Crippen LogP contribution in [0.3, 0.4) is 0 Å². The first-order valence-electron chi connectivity index (χ1n) is 12.7. The van der Waals surface area contributed by atoms with E-state index in [9.17, 15) is 18.6 Å². The zero-order valence-electron chi connectivity index (χ0n) is 21.3. The minimum Gasteiger partial charge on any atom is -0.459 e. The highest BCUT2D eigenvalue weighted by atomic mass is 35.5. The van der Waals surface area contributed by atoms with Gasteiger partial charge in [0.1, 0.15) is 0 Å². The number of carbonyl (C=O) groups is 3. The van der Waals surface area contributed by atoms with Gasteiger partial charge in [-0.3, -0.25) is 14.4 Å². The van der Waals surface area contributed by atoms with Crippen molar-refractivity contribution in [1.29, 1.82) is 0 Å². The molecule has 1 fully saturated rings. The largest absolute Gasteiger partial charge is 0.459 e. The Labute approximate surface area is 238 Å². The molecule has 0 unspecified atom stereocenters. The highest BCUT2D eigenvalue weighted by Crippen LogP contribution is 2.36. The molecule has 3 aromatic carbocycles. The van der Waals surface area contributed by atoms with E-state index in [0.717, 1.165) is 5.56 Å². The Bertz CT molecular complexity index is 1650. The molecule has 1 saturated heterocycles. The lowest BCUT2D eigenvalue weighted by Gasteiger charge is -2.34. The number of anilines is 1. The lowest BCUT2D eigenvalue weighted by atomic mass is 10.1. The molecule has 2 aliphatic heterocycles. The van der Waals surface area contributed by atoms with Gasteiger partial charge in [0.25, 0.3) is 17.7 Å². The van der Waals surface area contributed by atoms with Crippen molar-refractivity contribution in [3.05, 3.63) is 113 Å². The number of nitrogens with zero attached hydrogens (tertiary/aromatic N) is 3. The highest BCUT2D eigenvalue weighted by molar-refractivity contribution is 7.85. The van der Waals surface area contributed by atoms with Crippen LogP contribution >= 0.6 is 11.6 Å². The Morgan fingerprint density at radius 1 is 0.825 bits per heavy atom. The second-order valence-electron chi connectivity index (χ2n) is 9.53. The van der Waals surface area contributed by atoms with Gasteiger partial charge >= 0.3 is 0 Å². The molecule has 3 amide bonds. The number of furan rings is 1. The van der Waals surface area contributed by atoms with Gasteiger partial charge in [0.15, 0.2) is 5.76 Å². The zero-order valence-corrected chi connectivity index (χ0v) is 22.9. The summed E-state index contributed by atoms with van der Waals surface area (Å²) in [5.41, 5.74) is 1.93. The predicted molar refractivity (Wildman–Crippen MR) is 150 cm³/mol. The molecule has 1 atom stereocenters. The summed E-state index contributed by atoms with van der Waals surface area (Å²) in [6.07, 6.45) is 1.46. The molecule has 1 aromatic heterocycles. The average Bonchev–Trinajstić information content (AvgIpc) is 3.51. The van der Waals surface area contributed by atoms with E-state index in [4.69, 9.17) is 16.0 Å². The second-order valence-corrected chi connectivity index (χ2v) is 11.4. The molecule has 0 radical (unpaired) electrons. The van der Waals surface area contributed by atoms with Crippen molar-refractivity contribution >= 4 is 45.8 Å². The molecule has 10 heteroatoms. The maximum absolute atomic E-state index is 13.8. The monoisotopic (exact) mass is 573 g/mol. The fraction of sp³-hybridized carbons (Fsp3) is 0.167. The number of halogens is 1. The smallest absolute Gasteiger partial charge is 0.289 e. The molecule has 0 aliphatic carbocycles. The lowest BCUT2D eigenvalue weighted by Crippen LogP contribution is -2.50. The molecule has 202 valence electrons. The van der Waals surface area contributed by atoms with Gasteiger partial charge in [0.05, 0.1) is 44.6 Å². The van der Waals surface area contributed by atoms with Crippen molar-refractivity contribution in [3.8, 4) is 0 Å². The van der Waals surface area contributed by atoms with Crippen molar-refractivity contribution < 1.29 is 23.0 Å². The normalized spacial score (nSPS) is 16.8. The fourth-order valence-electron chi connectivity index (χ4n) is 5.02. The number of benzene rings is 3. The summed E-state index contributed by atoms with van der Waals surface area (Å²) in [5, 5.41) is 0.539. The minimum atomic E-state index is -1.63. The van der Waals surface area contributed by atoms with E-state index in [0.29, 0.717) is 57.8 Å². The van der Waals surface area contributed by atoms with Crippen molar-refractivity contribution in [1.82, 2.24) is 9.80 Å². The minimum absolute atomic E-state index is 0.184. The summed E-state index contributed by atoms with van der Waals surface area (Å²) < 4.78 is 18.9. The summed E-state index contributed by atoms with van der Waals surface area (Å²) >= 11 is 6.22. The van der Waals surface area contributed by atoms with E-state index in [1.54, 1.807) is 81.4 Å². The number of carbonyl (C=O) groups excluding carboxylic acids is 3. The van der Waals surface area contributed by atoms with Crippen LogP contribution in [0.25, 0.3) is 0 Å². The summed E-state index contributed by atoms with van der Waals surface area (Å²) in [7, 11) is -1.63. The zero-order chi connectivity index (χ0) is 27.8. The predicted octanol–water partition coefficient (Wildman–Crippen LogP) is 4.86. The Morgan fingerprint density at radius 2 is 1.57 bits per heavy atom. The third-order valence-corrected chi connectivity index (χ3v) is 8.81. The molecule has 6 rings (SSSR count). The van der Waals surface area contributed by atoms with E-state index < -0.39 is 10.8 Å². The number of hydrogen-bond acceptors (Lipinski definition) is 5. The van der Waals surface area contributed by atoms with E-state index in [1.807, 2.05) is 12.1 Å². The summed E-state index contributed by atoms with van der Waals surface area (Å²) in [6.45, 7) is 1.63. The summed E-state index contributed by atoms with van der Waals surface area (Å²) in [5.74, 6) is -0.476. The van der Waals surface area contributed by atoms with Gasteiger partial charge in [0.2, 0.25) is 0 Å². The van der Waals surface area contributed by atoms with Crippen LogP contribution in [-0.2, 0) is 17.3 Å². The van der Waals surface area contributed by atoms with Crippen LogP contribution in [0.4, 0.5) is 5.69 Å². The molecule has 3 heterocycles. The molecule has 0 bridgehead atoms. The molecule has 0 saturated carbocycles. The molecule has 40 heavy (non-hydrogen) atoms. The molecule has 4 aromatic rings. The summed E-state index contributed by atoms with van der Waals surface area (Å²) in [6, 6.07) is 22.3. The third kappa shape index (κ3) is 4.82. The van der Waals surface area contributed by atoms with Crippen LogP contribution in [0.15, 0.2) is 99.3 Å². The lowest BCUT2D eigenvalue weighted by molar-refractivity contribution is 0.0518. The van der Waals surface area contributed by atoms with Crippen LogP contribution in [0, 0.1) is 0 Å². The van der Waals surface area contributed by atoms with Crippen LogP contribution in [0.1, 0.15) is 36.8 Å². The summed E-state index contributed by atoms with van der Waals surface area (Å²) in [4.78, 5) is 45.8. The van der Waals surface area contributed by atoms with Gasteiger partial charge in [-0.1, -0.05) is 35.9 Å². The second kappa shape index (κ2) is 10.7. The number of rotatable bonds is 4. The molecule has 0 spiro atoms. The Hall–Kier alpha value is -4.21. The van der Waals surface area contributed by atoms with Gasteiger partial charge in [-0.25, -0.2) is 4.21 Å². The van der Waals surface area contributed by atoms with Gasteiger partial charge in [-0.05, 0) is 60.2 Å². The average molecular weight is 574 g/mol. The maximum atomic E-state index is 13.8. The number of hydrogen-bond donors (Lipinski definition) is 0. The van der Waals surface area contributed by atoms with Crippen LogP contribution < -0.4 is 4.90 Å². The van der Waals surface area contributed by atoms with E-state index in [2.05, 4.69) is 0 Å². The Morgan fingerprint density at radius 3 is 2.30 bits per heavy atom. The first kappa shape index (κ1) is 26.0. The molecular weight excluding hydrogens is 550 g/mol. The van der Waals surface area contributed by atoms with E-state index in [-0.39, 0.29) is 30.0 Å². The number of fused-ring (bicyclic) bond motifs is 2. The van der Waals surface area contributed by atoms with Crippen molar-refractivity contribution in [2.75, 3.05) is 31.1 Å². The van der Waals surface area contributed by atoms with Crippen LogP contribution in [-0.4, -0.2) is 57.9 Å². The highest BCUT2D eigenvalue weighted by Gasteiger charge is 2.33. The van der Waals surface area contributed by atoms with Crippen molar-refractivity contribution in [3.63, 3.8) is 0 Å². The topological polar surface area (TPSA) is 91.1 Å². The van der Waals surface area contributed by atoms with Gasteiger partial charge in [0, 0.05) is 36.8 Å². The standard InChI is InChI=1S/C30H24ClN3O5S/c31-22-6-3-5-20(17-22)19-34-24-18-21(10-11-27(24)40(38)26-9-2-1-7-23(26)29(34)36)28(35)32-12-14-33(15-13-32)30(37)25-8-4-16-39-25/h1-11,16-18H,12-15,19H2/t40-/m0/s1. The van der Waals surface area contributed by atoms with Crippen LogP contribution in [0.5, 0.6) is 0 Å². The first-order chi connectivity index (χ1) is 19.4. The Kier molecular flexibility index (Phi) is 7.00. The van der Waals surface area contributed by atoms with Crippen molar-refractivity contribution in [2.24, 2.45) is 0 Å². The van der Waals surface area contributed by atoms with Gasteiger partial charge in [-0.15, -0.1) is 0 Å². The molecular formula is C30H24ClN3O5S. The first-order valence-corrected chi connectivity index (χ1v) is 14.3. The fourth-order valence-corrected chi connectivity index (χ4v) is 6.58. The molecule has 0 N–H and O–H groups in total. The quantitative estimate of drug-likeness (QED) is 0.348. The molecule has 8 nitrogen and oxygen atoms in total. The van der Waals surface area contributed by atoms with Crippen LogP contribution in [0.2, 0.25) is 5.02 Å². The van der Waals surface area contributed by atoms with Gasteiger partial charge < -0.3 is 19.1 Å². The van der Waals surface area contributed by atoms with E-state index >= 15 is 0 Å². The van der Waals surface area contributed by atoms with E-state index in [1.165, 1.54) is 6.26 Å². The SMILES string of the molecule is O=C(c1ccc2c(c1)N(Cc1cccc(Cl)c1)C(=O)c1ccccc1[S@@]2=O)N1CCN(C(=O)c2ccco2)CC1. The van der Waals surface area contributed by atoms with Crippen molar-refractivity contribution in [2.45, 2.75) is 16.3 Å².